The van der Waals surface area contributed by atoms with Crippen LogP contribution >= 0.6 is 27.5 Å². The lowest BCUT2D eigenvalue weighted by molar-refractivity contribution is -0.204. The van der Waals surface area contributed by atoms with E-state index in [1.807, 2.05) is 32.9 Å². The molecule has 1 spiro atoms. The maximum absolute atomic E-state index is 12.8. The van der Waals surface area contributed by atoms with E-state index in [1.165, 1.54) is 0 Å². The molecule has 2 atom stereocenters. The van der Waals surface area contributed by atoms with Gasteiger partial charge in [-0.3, -0.25) is 0 Å². The number of hydrogen-bond acceptors (Lipinski definition) is 2. The second-order valence-electron chi connectivity index (χ2n) is 6.90. The normalized spacial score (nSPS) is 26.2. The molecule has 0 N–H and O–H groups in total. The first kappa shape index (κ1) is 15.9. The zero-order valence-electron chi connectivity index (χ0n) is 12.4. The molecule has 0 saturated carbocycles. The van der Waals surface area contributed by atoms with E-state index in [0.29, 0.717) is 5.02 Å². The molecule has 2 fully saturated rings. The fourth-order valence-electron chi connectivity index (χ4n) is 3.05. The van der Waals surface area contributed by atoms with E-state index >= 15 is 0 Å². The van der Waals surface area contributed by atoms with Gasteiger partial charge >= 0.3 is 0 Å². The van der Waals surface area contributed by atoms with Gasteiger partial charge in [-0.15, -0.1) is 0 Å². The largest absolute Gasteiger partial charge is 0.380 e. The van der Waals surface area contributed by atoms with Crippen molar-refractivity contribution in [2.45, 2.75) is 31.6 Å². The quantitative estimate of drug-likeness (QED) is 0.763. The average molecular weight is 393 g/mol. The molecule has 3 rings (SSSR count). The molecule has 2 aliphatic heterocycles. The van der Waals surface area contributed by atoms with Gasteiger partial charge in [0.05, 0.1) is 29.4 Å². The van der Waals surface area contributed by atoms with E-state index in [-0.39, 0.29) is 16.2 Å². The van der Waals surface area contributed by atoms with Crippen LogP contribution in [0.15, 0.2) is 22.7 Å². The van der Waals surface area contributed by atoms with Gasteiger partial charge in [0, 0.05) is 16.0 Å². The Bertz CT molecular complexity index is 578. The van der Waals surface area contributed by atoms with E-state index in [1.54, 1.807) is 0 Å². The Morgan fingerprint density at radius 1 is 1.38 bits per heavy atom. The molecule has 1 aromatic carbocycles. The highest BCUT2D eigenvalue weighted by Gasteiger charge is 2.60. The Morgan fingerprint density at radius 3 is 2.52 bits per heavy atom. The summed E-state index contributed by atoms with van der Waals surface area (Å²) >= 11 is 9.69. The minimum absolute atomic E-state index is 0.102. The third kappa shape index (κ3) is 2.72. The number of rotatable bonds is 2. The van der Waals surface area contributed by atoms with Gasteiger partial charge in [0.1, 0.15) is 11.0 Å². The van der Waals surface area contributed by atoms with Crippen molar-refractivity contribution in [1.82, 2.24) is 4.31 Å². The topological polar surface area (TPSA) is 29.5 Å². The van der Waals surface area contributed by atoms with Crippen LogP contribution in [0.4, 0.5) is 0 Å². The van der Waals surface area contributed by atoms with Crippen molar-refractivity contribution >= 4 is 38.5 Å². The van der Waals surface area contributed by atoms with Crippen molar-refractivity contribution in [3.8, 4) is 0 Å². The second-order valence-corrected chi connectivity index (χ2v) is 10.4. The molecular formula is C15H19BrClNO2S. The highest BCUT2D eigenvalue weighted by molar-refractivity contribution is 9.10. The Hall–Kier alpha value is 0.0600. The molecule has 3 nitrogen and oxygen atoms in total. The first-order valence-electron chi connectivity index (χ1n) is 6.95. The molecule has 2 saturated heterocycles. The van der Waals surface area contributed by atoms with Crippen molar-refractivity contribution in [3.05, 3.63) is 33.3 Å². The number of hydrogen-bond donors (Lipinski definition) is 0. The Balaban J connectivity index is 1.96. The van der Waals surface area contributed by atoms with Crippen molar-refractivity contribution in [2.75, 3.05) is 19.8 Å². The highest BCUT2D eigenvalue weighted by Crippen LogP contribution is 2.55. The van der Waals surface area contributed by atoms with Gasteiger partial charge in [-0.05, 0) is 44.5 Å². The zero-order chi connectivity index (χ0) is 15.4. The molecule has 21 heavy (non-hydrogen) atoms. The van der Waals surface area contributed by atoms with Crippen LogP contribution in [0.5, 0.6) is 0 Å². The minimum Gasteiger partial charge on any atom is -0.380 e. The summed E-state index contributed by atoms with van der Waals surface area (Å²) in [6.45, 7) is 8.33. The smallest absolute Gasteiger partial charge is 0.100 e. The fraction of sp³-hybridized carbons (Fsp3) is 0.600. The van der Waals surface area contributed by atoms with Gasteiger partial charge in [-0.2, -0.15) is 0 Å². The average Bonchev–Trinajstić information content (AvgIpc) is 2.22. The maximum Gasteiger partial charge on any atom is 0.100 e. The maximum atomic E-state index is 12.8. The highest BCUT2D eigenvalue weighted by atomic mass is 79.9. The van der Waals surface area contributed by atoms with Crippen molar-refractivity contribution in [3.63, 3.8) is 0 Å². The Morgan fingerprint density at radius 2 is 2.05 bits per heavy atom. The van der Waals surface area contributed by atoms with Crippen LogP contribution < -0.4 is 0 Å². The molecule has 0 amide bonds. The Labute approximate surface area is 141 Å². The number of benzene rings is 1. The van der Waals surface area contributed by atoms with E-state index in [9.17, 15) is 4.21 Å². The van der Waals surface area contributed by atoms with Gasteiger partial charge in [0.15, 0.2) is 0 Å². The van der Waals surface area contributed by atoms with Crippen LogP contribution in [0, 0.1) is 5.41 Å². The summed E-state index contributed by atoms with van der Waals surface area (Å²) in [5, 5.41) is 0.697. The van der Waals surface area contributed by atoms with Crippen molar-refractivity contribution in [2.24, 2.45) is 5.41 Å². The molecule has 1 aromatic rings. The predicted octanol–water partition coefficient (Wildman–Crippen LogP) is 3.94. The second kappa shape index (κ2) is 5.31. The van der Waals surface area contributed by atoms with Gasteiger partial charge in [0.25, 0.3) is 0 Å². The van der Waals surface area contributed by atoms with Crippen LogP contribution in [0.2, 0.25) is 5.02 Å². The summed E-state index contributed by atoms with van der Waals surface area (Å²) in [6.07, 6.45) is 0. The SMILES string of the molecule is CC(C)(C)S(=O)N1CC2(COC2)C1c1cc(Cl)cc(Br)c1. The predicted molar refractivity (Wildman–Crippen MR) is 89.7 cm³/mol. The lowest BCUT2D eigenvalue weighted by Crippen LogP contribution is -2.68. The van der Waals surface area contributed by atoms with Crippen LogP contribution in [-0.2, 0) is 15.7 Å². The monoisotopic (exact) mass is 391 g/mol. The van der Waals surface area contributed by atoms with E-state index < -0.39 is 11.0 Å². The molecule has 2 aliphatic rings. The summed E-state index contributed by atoms with van der Waals surface area (Å²) in [5.74, 6) is 0. The third-order valence-electron chi connectivity index (χ3n) is 4.06. The first-order valence-corrected chi connectivity index (χ1v) is 9.23. The minimum atomic E-state index is -1.03. The summed E-state index contributed by atoms with van der Waals surface area (Å²) in [6, 6.07) is 6.03. The summed E-state index contributed by atoms with van der Waals surface area (Å²) in [4.78, 5) is 0. The zero-order valence-corrected chi connectivity index (χ0v) is 15.5. The first-order chi connectivity index (χ1) is 9.73. The molecule has 0 radical (unpaired) electrons. The molecule has 2 heterocycles. The van der Waals surface area contributed by atoms with Crippen molar-refractivity contribution in [1.29, 1.82) is 0 Å². The number of nitrogens with zero attached hydrogens (tertiary/aromatic N) is 1. The standard InChI is InChI=1S/C15H19BrClNO2S/c1-14(2,3)21(19)18-7-15(8-20-9-15)13(18)10-4-11(16)6-12(17)5-10/h4-6,13H,7-9H2,1-3H3. The van der Waals surface area contributed by atoms with Crippen LogP contribution in [-0.4, -0.2) is 33.0 Å². The Kier molecular flexibility index (Phi) is 4.03. The molecular weight excluding hydrogens is 374 g/mol. The van der Waals surface area contributed by atoms with Gasteiger partial charge < -0.3 is 4.74 Å². The summed E-state index contributed by atoms with van der Waals surface area (Å²) < 4.78 is 21.0. The molecule has 116 valence electrons. The summed E-state index contributed by atoms with van der Waals surface area (Å²) in [5.41, 5.74) is 1.21. The number of halogens is 2. The van der Waals surface area contributed by atoms with Crippen molar-refractivity contribution < 1.29 is 8.95 Å². The third-order valence-corrected chi connectivity index (χ3v) is 6.54. The van der Waals surface area contributed by atoms with Gasteiger partial charge in [-0.25, -0.2) is 8.51 Å². The van der Waals surface area contributed by atoms with E-state index in [2.05, 4.69) is 26.3 Å². The molecule has 2 unspecified atom stereocenters. The molecule has 6 heteroatoms. The number of ether oxygens (including phenoxy) is 1. The van der Waals surface area contributed by atoms with Gasteiger partial charge in [-0.1, -0.05) is 27.5 Å². The van der Waals surface area contributed by atoms with E-state index in [4.69, 9.17) is 16.3 Å². The summed E-state index contributed by atoms with van der Waals surface area (Å²) in [7, 11) is -1.03. The van der Waals surface area contributed by atoms with Gasteiger partial charge in [0.2, 0.25) is 0 Å². The molecule has 0 bridgehead atoms. The van der Waals surface area contributed by atoms with Crippen LogP contribution in [0.1, 0.15) is 32.4 Å². The molecule has 0 aliphatic carbocycles. The lowest BCUT2D eigenvalue weighted by atomic mass is 9.69. The van der Waals surface area contributed by atoms with E-state index in [0.717, 1.165) is 29.8 Å². The van der Waals surface area contributed by atoms with Crippen LogP contribution in [0.25, 0.3) is 0 Å². The lowest BCUT2D eigenvalue weighted by Gasteiger charge is -2.61. The van der Waals surface area contributed by atoms with Crippen LogP contribution in [0.3, 0.4) is 0 Å². The fourth-order valence-corrected chi connectivity index (χ4v) is 5.55. The molecule has 0 aromatic heterocycles.